The fourth-order valence-corrected chi connectivity index (χ4v) is 4.44. The van der Waals surface area contributed by atoms with Gasteiger partial charge < -0.3 is 14.8 Å². The first kappa shape index (κ1) is 25.8. The van der Waals surface area contributed by atoms with Crippen LogP contribution in [-0.4, -0.2) is 59.7 Å². The second-order valence-electron chi connectivity index (χ2n) is 7.17. The molecule has 0 radical (unpaired) electrons. The van der Waals surface area contributed by atoms with Crippen molar-refractivity contribution in [3.63, 3.8) is 0 Å². The van der Waals surface area contributed by atoms with E-state index in [1.54, 1.807) is 6.07 Å². The largest absolute Gasteiger partial charge is 0.495 e. The number of sulfonamides is 1. The molecule has 0 unspecified atom stereocenters. The molecule has 2 N–H and O–H groups in total. The molecule has 0 atom stereocenters. The summed E-state index contributed by atoms with van der Waals surface area (Å²) in [6, 6.07) is 12.3. The van der Waals surface area contributed by atoms with Gasteiger partial charge in [-0.1, -0.05) is 38.1 Å². The van der Waals surface area contributed by atoms with Crippen molar-refractivity contribution in [1.82, 2.24) is 14.9 Å². The maximum Gasteiger partial charge on any atom is 0.251 e. The van der Waals surface area contributed by atoms with Crippen LogP contribution in [0.25, 0.3) is 0 Å². The highest BCUT2D eigenvalue weighted by Gasteiger charge is 2.21. The van der Waals surface area contributed by atoms with Crippen LogP contribution in [0.1, 0.15) is 35.3 Å². The quantitative estimate of drug-likeness (QED) is 0.443. The lowest BCUT2D eigenvalue weighted by Crippen LogP contribution is -2.28. The number of ether oxygens (including phenoxy) is 2. The van der Waals surface area contributed by atoms with Gasteiger partial charge in [-0.3, -0.25) is 9.69 Å². The lowest BCUT2D eigenvalue weighted by Gasteiger charge is -2.20. The minimum Gasteiger partial charge on any atom is -0.495 e. The average Bonchev–Trinajstić information content (AvgIpc) is 2.81. The number of nitrogens with zero attached hydrogens (tertiary/aromatic N) is 1. The van der Waals surface area contributed by atoms with Crippen LogP contribution in [0.3, 0.4) is 0 Å². The Balaban J connectivity index is 2.18. The maximum atomic E-state index is 12.8. The maximum absolute atomic E-state index is 12.8. The minimum atomic E-state index is -3.86. The first-order valence-electron chi connectivity index (χ1n) is 10.6. The van der Waals surface area contributed by atoms with Crippen molar-refractivity contribution in [2.45, 2.75) is 31.8 Å². The Hall–Kier alpha value is -2.46. The van der Waals surface area contributed by atoms with Gasteiger partial charge in [0, 0.05) is 32.3 Å². The molecule has 0 aliphatic carbocycles. The van der Waals surface area contributed by atoms with E-state index in [4.69, 9.17) is 9.47 Å². The highest BCUT2D eigenvalue weighted by Crippen LogP contribution is 2.25. The molecule has 0 bridgehead atoms. The van der Waals surface area contributed by atoms with Crippen molar-refractivity contribution in [3.8, 4) is 5.75 Å². The number of nitrogens with one attached hydrogen (secondary N) is 2. The number of rotatable bonds is 13. The summed E-state index contributed by atoms with van der Waals surface area (Å²) < 4.78 is 37.8. The van der Waals surface area contributed by atoms with E-state index in [1.807, 2.05) is 18.2 Å². The van der Waals surface area contributed by atoms with E-state index in [2.05, 4.69) is 34.9 Å². The number of carbonyl (C=O) groups excluding carboxylic acids is 1. The third kappa shape index (κ3) is 7.03. The highest BCUT2D eigenvalue weighted by atomic mass is 32.2. The zero-order valence-corrected chi connectivity index (χ0v) is 20.0. The van der Waals surface area contributed by atoms with Gasteiger partial charge in [-0.25, -0.2) is 13.1 Å². The Bertz CT molecular complexity index is 991. The Morgan fingerprint density at radius 1 is 1.03 bits per heavy atom. The lowest BCUT2D eigenvalue weighted by molar-refractivity contribution is 0.0950. The molecular weight excluding hydrogens is 430 g/mol. The summed E-state index contributed by atoms with van der Waals surface area (Å²) in [6.45, 7) is 7.61. The fraction of sp³-hybridized carbons (Fsp3) is 0.435. The monoisotopic (exact) mass is 463 g/mol. The van der Waals surface area contributed by atoms with Crippen LogP contribution in [0, 0.1) is 0 Å². The third-order valence-electron chi connectivity index (χ3n) is 5.16. The Morgan fingerprint density at radius 2 is 1.72 bits per heavy atom. The zero-order chi connectivity index (χ0) is 23.6. The number of carbonyl (C=O) groups is 1. The van der Waals surface area contributed by atoms with E-state index in [0.717, 1.165) is 30.8 Å². The van der Waals surface area contributed by atoms with Crippen LogP contribution in [0.15, 0.2) is 47.4 Å². The van der Waals surface area contributed by atoms with Crippen molar-refractivity contribution in [2.75, 3.05) is 40.5 Å². The molecule has 0 saturated carbocycles. The third-order valence-corrected chi connectivity index (χ3v) is 6.64. The molecule has 0 saturated heterocycles. The van der Waals surface area contributed by atoms with Gasteiger partial charge in [0.15, 0.2) is 0 Å². The summed E-state index contributed by atoms with van der Waals surface area (Å²) in [5.74, 6) is -0.199. The van der Waals surface area contributed by atoms with Crippen molar-refractivity contribution in [1.29, 1.82) is 0 Å². The smallest absolute Gasteiger partial charge is 0.251 e. The second-order valence-corrected chi connectivity index (χ2v) is 8.90. The molecule has 0 heterocycles. The predicted molar refractivity (Wildman–Crippen MR) is 124 cm³/mol. The molecule has 1 amide bonds. The first-order valence-corrected chi connectivity index (χ1v) is 12.1. The fourth-order valence-electron chi connectivity index (χ4n) is 3.23. The minimum absolute atomic E-state index is 0.0920. The van der Waals surface area contributed by atoms with Gasteiger partial charge in [0.05, 0.1) is 13.7 Å². The van der Waals surface area contributed by atoms with E-state index < -0.39 is 10.0 Å². The summed E-state index contributed by atoms with van der Waals surface area (Å²) in [7, 11) is -0.994. The highest BCUT2D eigenvalue weighted by molar-refractivity contribution is 7.89. The summed E-state index contributed by atoms with van der Waals surface area (Å²) in [5, 5.41) is 2.90. The standard InChI is InChI=1S/C23H33N3O5S/c1-5-26(6-2)17-20-10-8-7-9-19(20)16-24-23(27)18-11-12-21(31-4)22(15-18)32(28,29)25-13-14-30-3/h7-12,15,25H,5-6,13-14,16-17H2,1-4H3,(H,24,27). The van der Waals surface area contributed by atoms with Crippen LogP contribution in [0.5, 0.6) is 5.75 Å². The molecule has 0 aliphatic heterocycles. The molecule has 32 heavy (non-hydrogen) atoms. The lowest BCUT2D eigenvalue weighted by atomic mass is 10.1. The van der Waals surface area contributed by atoms with E-state index in [9.17, 15) is 13.2 Å². The van der Waals surface area contributed by atoms with Crippen LogP contribution < -0.4 is 14.8 Å². The zero-order valence-electron chi connectivity index (χ0n) is 19.2. The molecule has 2 rings (SSSR count). The van der Waals surface area contributed by atoms with Crippen LogP contribution in [-0.2, 0) is 27.8 Å². The van der Waals surface area contributed by atoms with Crippen molar-refractivity contribution >= 4 is 15.9 Å². The van der Waals surface area contributed by atoms with E-state index >= 15 is 0 Å². The van der Waals surface area contributed by atoms with Crippen molar-refractivity contribution in [2.24, 2.45) is 0 Å². The first-order chi connectivity index (χ1) is 15.4. The number of hydrogen-bond acceptors (Lipinski definition) is 6. The molecule has 0 aliphatic rings. The van der Waals surface area contributed by atoms with Gasteiger partial charge in [0.25, 0.3) is 5.91 Å². The van der Waals surface area contributed by atoms with Crippen molar-refractivity contribution < 1.29 is 22.7 Å². The predicted octanol–water partition coefficient (Wildman–Crippen LogP) is 2.39. The van der Waals surface area contributed by atoms with Gasteiger partial charge in [-0.15, -0.1) is 0 Å². The number of hydrogen-bond donors (Lipinski definition) is 2. The van der Waals surface area contributed by atoms with E-state index in [-0.39, 0.29) is 35.3 Å². The Labute approximate surface area is 191 Å². The average molecular weight is 464 g/mol. The molecule has 2 aromatic rings. The summed E-state index contributed by atoms with van der Waals surface area (Å²) in [6.07, 6.45) is 0. The summed E-state index contributed by atoms with van der Waals surface area (Å²) in [4.78, 5) is 15.0. The molecule has 0 aromatic heterocycles. The molecule has 0 spiro atoms. The topological polar surface area (TPSA) is 97.0 Å². The number of amides is 1. The van der Waals surface area contributed by atoms with E-state index in [1.165, 1.54) is 26.4 Å². The number of benzene rings is 2. The Morgan fingerprint density at radius 3 is 2.34 bits per heavy atom. The normalized spacial score (nSPS) is 11.5. The summed E-state index contributed by atoms with van der Waals surface area (Å²) in [5.41, 5.74) is 2.41. The molecule has 176 valence electrons. The van der Waals surface area contributed by atoms with Gasteiger partial charge in [-0.2, -0.15) is 0 Å². The van der Waals surface area contributed by atoms with Gasteiger partial charge in [0.1, 0.15) is 10.6 Å². The molecule has 9 heteroatoms. The molecule has 8 nitrogen and oxygen atoms in total. The Kier molecular flexibility index (Phi) is 10.1. The second kappa shape index (κ2) is 12.5. The summed E-state index contributed by atoms with van der Waals surface area (Å²) >= 11 is 0. The number of methoxy groups -OCH3 is 2. The van der Waals surface area contributed by atoms with Gasteiger partial charge in [-0.05, 0) is 42.4 Å². The molecule has 2 aromatic carbocycles. The SMILES string of the molecule is CCN(CC)Cc1ccccc1CNC(=O)c1ccc(OC)c(S(=O)(=O)NCCOC)c1. The van der Waals surface area contributed by atoms with E-state index in [0.29, 0.717) is 6.54 Å². The van der Waals surface area contributed by atoms with Crippen molar-refractivity contribution in [3.05, 3.63) is 59.2 Å². The van der Waals surface area contributed by atoms with Crippen LogP contribution >= 0.6 is 0 Å². The van der Waals surface area contributed by atoms with Gasteiger partial charge in [0.2, 0.25) is 10.0 Å². The molecular formula is C23H33N3O5S. The van der Waals surface area contributed by atoms with Gasteiger partial charge >= 0.3 is 0 Å². The molecule has 0 fully saturated rings. The van der Waals surface area contributed by atoms with Crippen LogP contribution in [0.4, 0.5) is 0 Å². The van der Waals surface area contributed by atoms with Crippen LogP contribution in [0.2, 0.25) is 0 Å².